The zero-order valence-corrected chi connectivity index (χ0v) is 7.87. The lowest BCUT2D eigenvalue weighted by Crippen LogP contribution is -2.28. The number of carboxylic acid groups (broad SMARTS) is 1. The summed E-state index contributed by atoms with van der Waals surface area (Å²) in [6.45, 7) is 0.0623. The first-order valence-electron chi connectivity index (χ1n) is 4.29. The number of nitrogens with zero attached hydrogens (tertiary/aromatic N) is 3. The second-order valence-electron chi connectivity index (χ2n) is 2.83. The van der Waals surface area contributed by atoms with Gasteiger partial charge in [0.15, 0.2) is 0 Å². The average molecular weight is 206 g/mol. The summed E-state index contributed by atoms with van der Waals surface area (Å²) in [7, 11) is 0. The Hall–Kier alpha value is -2.20. The molecule has 0 saturated carbocycles. The molecule has 6 nitrogen and oxygen atoms in total. The summed E-state index contributed by atoms with van der Waals surface area (Å²) >= 11 is 0. The molecular weight excluding hydrogens is 196 g/mol. The van der Waals surface area contributed by atoms with Crippen LogP contribution in [-0.2, 0) is 0 Å². The van der Waals surface area contributed by atoms with Gasteiger partial charge in [0.05, 0.1) is 12.6 Å². The number of carbonyl (C=O) groups is 1. The van der Waals surface area contributed by atoms with Crippen LogP contribution in [0.5, 0.6) is 0 Å². The lowest BCUT2D eigenvalue weighted by atomic mass is 10.1. The number of hydrogen-bond donors (Lipinski definition) is 2. The maximum Gasteiger partial charge on any atom is 0.405 e. The maximum atomic E-state index is 10.5. The van der Waals surface area contributed by atoms with Crippen LogP contribution in [0.3, 0.4) is 0 Å². The van der Waals surface area contributed by atoms with Crippen molar-refractivity contribution in [3.63, 3.8) is 0 Å². The molecule has 15 heavy (non-hydrogen) atoms. The SMILES string of the molecule is [N-]=[N+]=NCC(NC(=O)O)c1ccccc1. The van der Waals surface area contributed by atoms with Crippen LogP contribution >= 0.6 is 0 Å². The van der Waals surface area contributed by atoms with Gasteiger partial charge in [-0.15, -0.1) is 0 Å². The van der Waals surface area contributed by atoms with Gasteiger partial charge in [-0.1, -0.05) is 35.4 Å². The molecule has 1 amide bonds. The van der Waals surface area contributed by atoms with Crippen LogP contribution in [0.1, 0.15) is 11.6 Å². The summed E-state index contributed by atoms with van der Waals surface area (Å²) in [4.78, 5) is 13.1. The van der Waals surface area contributed by atoms with Crippen LogP contribution < -0.4 is 5.32 Å². The molecule has 0 fully saturated rings. The Balaban J connectivity index is 2.80. The summed E-state index contributed by atoms with van der Waals surface area (Å²) in [6, 6.07) is 8.46. The molecule has 78 valence electrons. The van der Waals surface area contributed by atoms with E-state index in [1.54, 1.807) is 24.3 Å². The van der Waals surface area contributed by atoms with Crippen LogP contribution in [0, 0.1) is 0 Å². The zero-order valence-electron chi connectivity index (χ0n) is 7.87. The molecule has 0 spiro atoms. The van der Waals surface area contributed by atoms with E-state index in [0.717, 1.165) is 5.56 Å². The van der Waals surface area contributed by atoms with Gasteiger partial charge in [0.25, 0.3) is 0 Å². The Morgan fingerprint density at radius 2 is 2.20 bits per heavy atom. The lowest BCUT2D eigenvalue weighted by molar-refractivity contribution is 0.190. The smallest absolute Gasteiger partial charge is 0.405 e. The minimum atomic E-state index is -1.14. The molecule has 0 aliphatic heterocycles. The molecular formula is C9H10N4O2. The standard InChI is InChI=1S/C9H10N4O2/c10-13-11-6-8(12-9(14)15)7-4-2-1-3-5-7/h1-5,8,12H,6H2,(H,14,15). The van der Waals surface area contributed by atoms with Crippen molar-refractivity contribution in [2.75, 3.05) is 6.54 Å². The molecule has 1 atom stereocenters. The molecule has 0 heterocycles. The van der Waals surface area contributed by atoms with Crippen molar-refractivity contribution >= 4 is 6.09 Å². The number of hydrogen-bond acceptors (Lipinski definition) is 2. The first kappa shape index (κ1) is 10.9. The van der Waals surface area contributed by atoms with Crippen molar-refractivity contribution in [3.05, 3.63) is 46.3 Å². The van der Waals surface area contributed by atoms with Crippen LogP contribution in [0.2, 0.25) is 0 Å². The highest BCUT2D eigenvalue weighted by molar-refractivity contribution is 5.65. The molecule has 2 N–H and O–H groups in total. The van der Waals surface area contributed by atoms with Gasteiger partial charge in [0.1, 0.15) is 0 Å². The number of amides is 1. The van der Waals surface area contributed by atoms with Crippen LogP contribution in [0.4, 0.5) is 4.79 Å². The van der Waals surface area contributed by atoms with Gasteiger partial charge in [0, 0.05) is 4.91 Å². The highest BCUT2D eigenvalue weighted by Crippen LogP contribution is 2.12. The summed E-state index contributed by atoms with van der Waals surface area (Å²) in [5, 5.41) is 14.2. The largest absolute Gasteiger partial charge is 0.465 e. The average Bonchev–Trinajstić information content (AvgIpc) is 2.25. The first-order chi connectivity index (χ1) is 7.24. The third-order valence-electron chi connectivity index (χ3n) is 1.83. The number of nitrogens with one attached hydrogen (secondary N) is 1. The molecule has 0 aromatic heterocycles. The van der Waals surface area contributed by atoms with Crippen molar-refractivity contribution in [2.24, 2.45) is 5.11 Å². The predicted octanol–water partition coefficient (Wildman–Crippen LogP) is 2.31. The summed E-state index contributed by atoms with van der Waals surface area (Å²) in [5.74, 6) is 0. The van der Waals surface area contributed by atoms with Gasteiger partial charge in [0.2, 0.25) is 0 Å². The van der Waals surface area contributed by atoms with E-state index in [-0.39, 0.29) is 6.54 Å². The van der Waals surface area contributed by atoms with E-state index in [1.165, 1.54) is 0 Å². The molecule has 0 radical (unpaired) electrons. The Bertz CT molecular complexity index is 369. The highest BCUT2D eigenvalue weighted by Gasteiger charge is 2.11. The van der Waals surface area contributed by atoms with Gasteiger partial charge >= 0.3 is 6.09 Å². The second-order valence-corrected chi connectivity index (χ2v) is 2.83. The molecule has 0 aliphatic rings. The Labute approximate surface area is 86.2 Å². The molecule has 0 bridgehead atoms. The quantitative estimate of drug-likeness (QED) is 0.449. The van der Waals surface area contributed by atoms with Gasteiger partial charge in [-0.3, -0.25) is 0 Å². The third kappa shape index (κ3) is 3.58. The van der Waals surface area contributed by atoms with Gasteiger partial charge in [-0.05, 0) is 11.1 Å². The highest BCUT2D eigenvalue weighted by atomic mass is 16.4. The Morgan fingerprint density at radius 1 is 1.53 bits per heavy atom. The van der Waals surface area contributed by atoms with E-state index in [4.69, 9.17) is 10.6 Å². The Morgan fingerprint density at radius 3 is 2.73 bits per heavy atom. The van der Waals surface area contributed by atoms with E-state index in [1.807, 2.05) is 6.07 Å². The van der Waals surface area contributed by atoms with E-state index < -0.39 is 12.1 Å². The monoisotopic (exact) mass is 206 g/mol. The fourth-order valence-electron chi connectivity index (χ4n) is 1.19. The van der Waals surface area contributed by atoms with E-state index >= 15 is 0 Å². The minimum Gasteiger partial charge on any atom is -0.465 e. The molecule has 0 saturated heterocycles. The summed E-state index contributed by atoms with van der Waals surface area (Å²) in [5.41, 5.74) is 8.95. The van der Waals surface area contributed by atoms with E-state index in [0.29, 0.717) is 0 Å². The van der Waals surface area contributed by atoms with Crippen LogP contribution in [-0.4, -0.2) is 17.7 Å². The molecule has 1 unspecified atom stereocenters. The second kappa shape index (κ2) is 5.51. The zero-order chi connectivity index (χ0) is 11.1. The van der Waals surface area contributed by atoms with Crippen molar-refractivity contribution in [2.45, 2.75) is 6.04 Å². The number of azide groups is 1. The Kier molecular flexibility index (Phi) is 4.00. The first-order valence-corrected chi connectivity index (χ1v) is 4.29. The van der Waals surface area contributed by atoms with Crippen molar-refractivity contribution in [3.8, 4) is 0 Å². The molecule has 6 heteroatoms. The number of benzene rings is 1. The van der Waals surface area contributed by atoms with Crippen LogP contribution in [0.25, 0.3) is 10.4 Å². The van der Waals surface area contributed by atoms with Crippen LogP contribution in [0.15, 0.2) is 35.4 Å². The fraction of sp³-hybridized carbons (Fsp3) is 0.222. The fourth-order valence-corrected chi connectivity index (χ4v) is 1.19. The lowest BCUT2D eigenvalue weighted by Gasteiger charge is -2.14. The number of rotatable bonds is 4. The molecule has 1 aromatic rings. The molecule has 1 aromatic carbocycles. The topological polar surface area (TPSA) is 98.1 Å². The van der Waals surface area contributed by atoms with E-state index in [2.05, 4.69) is 15.3 Å². The van der Waals surface area contributed by atoms with Crippen molar-refractivity contribution < 1.29 is 9.90 Å². The predicted molar refractivity (Wildman–Crippen MR) is 54.4 cm³/mol. The maximum absolute atomic E-state index is 10.5. The van der Waals surface area contributed by atoms with Gasteiger partial charge in [-0.2, -0.15) is 0 Å². The minimum absolute atomic E-state index is 0.0623. The van der Waals surface area contributed by atoms with E-state index in [9.17, 15) is 4.79 Å². The van der Waals surface area contributed by atoms with Crippen molar-refractivity contribution in [1.82, 2.24) is 5.32 Å². The van der Waals surface area contributed by atoms with Crippen molar-refractivity contribution in [1.29, 1.82) is 0 Å². The summed E-state index contributed by atoms with van der Waals surface area (Å²) < 4.78 is 0. The third-order valence-corrected chi connectivity index (χ3v) is 1.83. The summed E-state index contributed by atoms with van der Waals surface area (Å²) in [6.07, 6.45) is -1.14. The van der Waals surface area contributed by atoms with Gasteiger partial charge in [-0.25, -0.2) is 4.79 Å². The molecule has 1 rings (SSSR count). The van der Waals surface area contributed by atoms with Gasteiger partial charge < -0.3 is 10.4 Å². The normalized spacial score (nSPS) is 11.2. The molecule has 0 aliphatic carbocycles.